The highest BCUT2D eigenvalue weighted by Gasteiger charge is 2.03. The van der Waals surface area contributed by atoms with Crippen LogP contribution in [0, 0.1) is 14.0 Å². The van der Waals surface area contributed by atoms with Crippen molar-refractivity contribution in [3.8, 4) is 11.5 Å². The lowest BCUT2D eigenvalue weighted by Gasteiger charge is -2.10. The van der Waals surface area contributed by atoms with E-state index in [4.69, 9.17) is 28.2 Å². The molecule has 0 saturated carbocycles. The normalized spacial score (nSPS) is 10.3. The van der Waals surface area contributed by atoms with Crippen LogP contribution in [0.25, 0.3) is 0 Å². The summed E-state index contributed by atoms with van der Waals surface area (Å²) in [7, 11) is 5.18. The minimum atomic E-state index is 0.484. The Bertz CT molecular complexity index is 638. The molecule has 0 aliphatic rings. The van der Waals surface area contributed by atoms with Crippen LogP contribution in [0.1, 0.15) is 5.56 Å². The number of ether oxygens (including phenoxy) is 2. The molecule has 2 rings (SSSR count). The summed E-state index contributed by atoms with van der Waals surface area (Å²) in [6, 6.07) is 13.2. The summed E-state index contributed by atoms with van der Waals surface area (Å²) in [5, 5.41) is 0.696. The van der Waals surface area contributed by atoms with Crippen LogP contribution < -0.4 is 9.47 Å². The SMILES string of the molecule is [CH]Oc1ccc(SCC(=C)COc2ccc(Cl)cc2)cc1C. The van der Waals surface area contributed by atoms with Gasteiger partial charge in [-0.2, -0.15) is 0 Å². The molecular weight excluding hydrogens is 316 g/mol. The molecule has 0 unspecified atom stereocenters. The third-order valence-corrected chi connectivity index (χ3v) is 4.36. The highest BCUT2D eigenvalue weighted by molar-refractivity contribution is 7.99. The maximum absolute atomic E-state index is 5.83. The van der Waals surface area contributed by atoms with Crippen molar-refractivity contribution >= 4 is 23.4 Å². The van der Waals surface area contributed by atoms with Crippen LogP contribution in [-0.2, 0) is 0 Å². The zero-order chi connectivity index (χ0) is 15.9. The van der Waals surface area contributed by atoms with Gasteiger partial charge in [-0.3, -0.25) is 0 Å². The van der Waals surface area contributed by atoms with E-state index in [0.29, 0.717) is 17.4 Å². The van der Waals surface area contributed by atoms with Gasteiger partial charge < -0.3 is 9.47 Å². The third-order valence-electron chi connectivity index (χ3n) is 2.97. The second kappa shape index (κ2) is 8.16. The summed E-state index contributed by atoms with van der Waals surface area (Å²) in [6.07, 6.45) is 0. The lowest BCUT2D eigenvalue weighted by Crippen LogP contribution is -2.02. The minimum absolute atomic E-state index is 0.484. The Labute approximate surface area is 141 Å². The van der Waals surface area contributed by atoms with Gasteiger partial charge in [0.25, 0.3) is 0 Å². The molecule has 4 heteroatoms. The monoisotopic (exact) mass is 332 g/mol. The van der Waals surface area contributed by atoms with Crippen molar-refractivity contribution in [3.63, 3.8) is 0 Å². The molecule has 0 saturated heterocycles. The molecule has 0 atom stereocenters. The van der Waals surface area contributed by atoms with Crippen LogP contribution in [-0.4, -0.2) is 12.4 Å². The van der Waals surface area contributed by atoms with Crippen LogP contribution in [0.15, 0.2) is 59.5 Å². The predicted molar refractivity (Wildman–Crippen MR) is 92.9 cm³/mol. The second-order valence-corrected chi connectivity index (χ2v) is 6.31. The van der Waals surface area contributed by atoms with E-state index in [9.17, 15) is 0 Å². The molecule has 0 aliphatic heterocycles. The lowest BCUT2D eigenvalue weighted by atomic mass is 10.2. The molecule has 114 valence electrons. The fourth-order valence-electron chi connectivity index (χ4n) is 1.79. The summed E-state index contributed by atoms with van der Waals surface area (Å²) in [6.45, 7) is 6.49. The first-order valence-electron chi connectivity index (χ1n) is 6.73. The van der Waals surface area contributed by atoms with Crippen molar-refractivity contribution in [1.29, 1.82) is 0 Å². The van der Waals surface area contributed by atoms with E-state index in [1.807, 2.05) is 37.3 Å². The number of hydrogen-bond donors (Lipinski definition) is 0. The van der Waals surface area contributed by atoms with E-state index >= 15 is 0 Å². The molecule has 2 radical (unpaired) electrons. The van der Waals surface area contributed by atoms with Crippen LogP contribution >= 0.6 is 23.4 Å². The Morgan fingerprint density at radius 1 is 1.23 bits per heavy atom. The second-order valence-electron chi connectivity index (χ2n) is 4.83. The van der Waals surface area contributed by atoms with Gasteiger partial charge >= 0.3 is 0 Å². The predicted octanol–water partition coefficient (Wildman–Crippen LogP) is 5.42. The van der Waals surface area contributed by atoms with Crippen LogP contribution in [0.2, 0.25) is 5.02 Å². The first-order chi connectivity index (χ1) is 10.6. The number of thioether (sulfide) groups is 1. The third kappa shape index (κ3) is 5.00. The van der Waals surface area contributed by atoms with Gasteiger partial charge in [0.05, 0.1) is 0 Å². The van der Waals surface area contributed by atoms with E-state index < -0.39 is 0 Å². The lowest BCUT2D eigenvalue weighted by molar-refractivity contribution is 0.353. The zero-order valence-electron chi connectivity index (χ0n) is 12.3. The van der Waals surface area contributed by atoms with Gasteiger partial charge in [0, 0.05) is 15.7 Å². The molecule has 0 N–H and O–H groups in total. The molecule has 2 nitrogen and oxygen atoms in total. The number of rotatable bonds is 7. The molecule has 0 amide bonds. The molecular formula is C18H17ClO2S. The summed E-state index contributed by atoms with van der Waals surface area (Å²) >= 11 is 7.54. The van der Waals surface area contributed by atoms with Crippen molar-refractivity contribution < 1.29 is 9.47 Å². The van der Waals surface area contributed by atoms with Gasteiger partial charge in [-0.05, 0) is 60.5 Å². The molecule has 0 aromatic heterocycles. The first kappa shape index (κ1) is 16.8. The van der Waals surface area contributed by atoms with E-state index in [1.165, 1.54) is 0 Å². The van der Waals surface area contributed by atoms with Gasteiger partial charge in [-0.1, -0.05) is 18.2 Å². The van der Waals surface area contributed by atoms with E-state index in [1.54, 1.807) is 23.9 Å². The van der Waals surface area contributed by atoms with Gasteiger partial charge in [-0.25, -0.2) is 0 Å². The molecule has 0 bridgehead atoms. The summed E-state index contributed by atoms with van der Waals surface area (Å²) in [5.41, 5.74) is 2.02. The topological polar surface area (TPSA) is 18.5 Å². The van der Waals surface area contributed by atoms with Crippen molar-refractivity contribution in [2.24, 2.45) is 0 Å². The Hall–Kier alpha value is -1.58. The summed E-state index contributed by atoms with van der Waals surface area (Å²) in [4.78, 5) is 1.14. The molecule has 2 aromatic carbocycles. The molecule has 22 heavy (non-hydrogen) atoms. The van der Waals surface area contributed by atoms with E-state index in [2.05, 4.69) is 6.58 Å². The molecule has 2 aromatic rings. The zero-order valence-corrected chi connectivity index (χ0v) is 13.9. The smallest absolute Gasteiger partial charge is 0.180 e. The minimum Gasteiger partial charge on any atom is -0.489 e. The van der Waals surface area contributed by atoms with Crippen LogP contribution in [0.3, 0.4) is 0 Å². The highest BCUT2D eigenvalue weighted by atomic mass is 35.5. The fourth-order valence-corrected chi connectivity index (χ4v) is 2.79. The largest absolute Gasteiger partial charge is 0.489 e. The first-order valence-corrected chi connectivity index (χ1v) is 8.10. The van der Waals surface area contributed by atoms with Crippen molar-refractivity contribution in [3.05, 3.63) is 72.3 Å². The average Bonchev–Trinajstić information content (AvgIpc) is 2.52. The van der Waals surface area contributed by atoms with Gasteiger partial charge in [0.15, 0.2) is 7.11 Å². The number of benzene rings is 2. The Morgan fingerprint density at radius 3 is 2.59 bits per heavy atom. The molecule has 0 spiro atoms. The van der Waals surface area contributed by atoms with Crippen molar-refractivity contribution in [1.82, 2.24) is 0 Å². The van der Waals surface area contributed by atoms with Crippen molar-refractivity contribution in [2.75, 3.05) is 12.4 Å². The highest BCUT2D eigenvalue weighted by Crippen LogP contribution is 2.26. The van der Waals surface area contributed by atoms with Gasteiger partial charge in [-0.15, -0.1) is 11.8 Å². The summed E-state index contributed by atoms with van der Waals surface area (Å²) < 4.78 is 10.4. The number of hydrogen-bond acceptors (Lipinski definition) is 3. The number of aryl methyl sites for hydroxylation is 1. The Morgan fingerprint density at radius 2 is 1.95 bits per heavy atom. The number of halogens is 1. The Balaban J connectivity index is 1.80. The fraction of sp³-hybridized carbons (Fsp3) is 0.167. The average molecular weight is 333 g/mol. The van der Waals surface area contributed by atoms with Crippen LogP contribution in [0.5, 0.6) is 11.5 Å². The Kier molecular flexibility index (Phi) is 6.22. The standard InChI is InChI=1S/C18H17ClO2S/c1-13(11-21-16-6-4-15(19)5-7-16)12-22-17-8-9-18(20-3)14(2)10-17/h3-10H,1,11-12H2,2H3. The van der Waals surface area contributed by atoms with E-state index in [-0.39, 0.29) is 0 Å². The maximum Gasteiger partial charge on any atom is 0.180 e. The molecule has 0 fully saturated rings. The van der Waals surface area contributed by atoms with Crippen LogP contribution in [0.4, 0.5) is 0 Å². The van der Waals surface area contributed by atoms with Crippen molar-refractivity contribution in [2.45, 2.75) is 11.8 Å². The summed E-state index contributed by atoms with van der Waals surface area (Å²) in [5.74, 6) is 2.26. The molecule has 0 aliphatic carbocycles. The van der Waals surface area contributed by atoms with E-state index in [0.717, 1.165) is 27.5 Å². The van der Waals surface area contributed by atoms with Gasteiger partial charge in [0.2, 0.25) is 0 Å². The maximum atomic E-state index is 5.83. The quantitative estimate of drug-likeness (QED) is 0.498. The van der Waals surface area contributed by atoms with Gasteiger partial charge in [0.1, 0.15) is 18.1 Å². The molecule has 0 heterocycles.